The predicted molar refractivity (Wildman–Crippen MR) is 125 cm³/mol. The van der Waals surface area contributed by atoms with Crippen molar-refractivity contribution in [3.63, 3.8) is 0 Å². The highest BCUT2D eigenvalue weighted by molar-refractivity contribution is 6.29. The molecular weight excluding hydrogens is 459 g/mol. The molecule has 2 aromatic heterocycles. The lowest BCUT2D eigenvalue weighted by Gasteiger charge is -2.08. The number of carboxylic acids is 1. The zero-order chi connectivity index (χ0) is 24.1. The van der Waals surface area contributed by atoms with Gasteiger partial charge in [0.1, 0.15) is 11.0 Å². The second kappa shape index (κ2) is 10.3. The lowest BCUT2D eigenvalue weighted by atomic mass is 10.1. The van der Waals surface area contributed by atoms with E-state index in [0.717, 1.165) is 5.56 Å². The highest BCUT2D eigenvalue weighted by atomic mass is 35.5. The van der Waals surface area contributed by atoms with Gasteiger partial charge in [0, 0.05) is 31.1 Å². The standard InChI is InChI=1S/C25H20ClFN4O3/c26-23-10-4-16(14-28-23)15-29-24(32)11-7-20-13-22(18-2-1-3-19(27)12-18)31(30-20)21-8-5-17(6-9-21)25(33)34/h1-6,8-10,12-14H,7,11,15H2,(H,29,32)(H,33,34). The Hall–Kier alpha value is -4.04. The van der Waals surface area contributed by atoms with Crippen LogP contribution < -0.4 is 5.32 Å². The van der Waals surface area contributed by atoms with Crippen LogP contribution in [0.4, 0.5) is 4.39 Å². The number of benzene rings is 2. The molecule has 0 aliphatic heterocycles. The Morgan fingerprint density at radius 2 is 1.85 bits per heavy atom. The number of aromatic nitrogens is 3. The normalized spacial score (nSPS) is 10.8. The molecule has 1 amide bonds. The fourth-order valence-corrected chi connectivity index (χ4v) is 3.50. The molecule has 9 heteroatoms. The second-order valence-corrected chi connectivity index (χ2v) is 7.95. The topological polar surface area (TPSA) is 97.1 Å². The number of amides is 1. The fourth-order valence-electron chi connectivity index (χ4n) is 3.39. The molecule has 7 nitrogen and oxygen atoms in total. The number of hydrogen-bond donors (Lipinski definition) is 2. The number of carbonyl (C=O) groups excluding carboxylic acids is 1. The third-order valence-electron chi connectivity index (χ3n) is 5.13. The molecule has 0 saturated heterocycles. The monoisotopic (exact) mass is 478 g/mol. The van der Waals surface area contributed by atoms with Crippen LogP contribution in [0.5, 0.6) is 0 Å². The summed E-state index contributed by atoms with van der Waals surface area (Å²) in [6.07, 6.45) is 2.18. The summed E-state index contributed by atoms with van der Waals surface area (Å²) in [6, 6.07) is 17.6. The predicted octanol–water partition coefficient (Wildman–Crippen LogP) is 4.67. The summed E-state index contributed by atoms with van der Waals surface area (Å²) >= 11 is 5.77. The molecule has 0 saturated carbocycles. The van der Waals surface area contributed by atoms with Gasteiger partial charge in [-0.05, 0) is 54.1 Å². The number of carboxylic acid groups (broad SMARTS) is 1. The molecule has 0 radical (unpaired) electrons. The van der Waals surface area contributed by atoms with Gasteiger partial charge in [0.15, 0.2) is 0 Å². The molecule has 0 atom stereocenters. The maximum absolute atomic E-state index is 13.9. The molecule has 0 spiro atoms. The first kappa shape index (κ1) is 23.1. The average Bonchev–Trinajstić information content (AvgIpc) is 3.27. The van der Waals surface area contributed by atoms with Crippen LogP contribution in [0.1, 0.15) is 28.0 Å². The van der Waals surface area contributed by atoms with Crippen molar-refractivity contribution in [1.29, 1.82) is 0 Å². The van der Waals surface area contributed by atoms with Crippen LogP contribution >= 0.6 is 11.6 Å². The first-order chi connectivity index (χ1) is 16.4. The van der Waals surface area contributed by atoms with E-state index >= 15 is 0 Å². The molecule has 0 aliphatic rings. The summed E-state index contributed by atoms with van der Waals surface area (Å²) in [7, 11) is 0. The van der Waals surface area contributed by atoms with E-state index in [1.165, 1.54) is 24.3 Å². The highest BCUT2D eigenvalue weighted by Gasteiger charge is 2.14. The maximum Gasteiger partial charge on any atom is 0.335 e. The number of rotatable bonds is 8. The second-order valence-electron chi connectivity index (χ2n) is 7.56. The van der Waals surface area contributed by atoms with Crippen molar-refractivity contribution in [2.45, 2.75) is 19.4 Å². The SMILES string of the molecule is O=C(CCc1cc(-c2cccc(F)c2)n(-c2ccc(C(=O)O)cc2)n1)NCc1ccc(Cl)nc1. The molecule has 0 fully saturated rings. The Labute approximate surface area is 199 Å². The van der Waals surface area contributed by atoms with Crippen molar-refractivity contribution in [3.05, 3.63) is 101 Å². The Kier molecular flexibility index (Phi) is 6.98. The van der Waals surface area contributed by atoms with Crippen LogP contribution in [-0.4, -0.2) is 31.7 Å². The van der Waals surface area contributed by atoms with E-state index < -0.39 is 5.97 Å². The van der Waals surface area contributed by atoms with Gasteiger partial charge in [-0.1, -0.05) is 29.8 Å². The van der Waals surface area contributed by atoms with Crippen LogP contribution in [0.2, 0.25) is 5.15 Å². The van der Waals surface area contributed by atoms with Gasteiger partial charge in [0.05, 0.1) is 22.6 Å². The van der Waals surface area contributed by atoms with E-state index in [2.05, 4.69) is 15.4 Å². The Morgan fingerprint density at radius 1 is 1.06 bits per heavy atom. The van der Waals surface area contributed by atoms with Gasteiger partial charge in [-0.15, -0.1) is 0 Å². The van der Waals surface area contributed by atoms with Gasteiger partial charge in [-0.3, -0.25) is 4.79 Å². The zero-order valence-corrected chi connectivity index (χ0v) is 18.7. The smallest absolute Gasteiger partial charge is 0.335 e. The third-order valence-corrected chi connectivity index (χ3v) is 5.35. The number of hydrogen-bond acceptors (Lipinski definition) is 4. The van der Waals surface area contributed by atoms with Gasteiger partial charge in [-0.2, -0.15) is 5.10 Å². The van der Waals surface area contributed by atoms with Gasteiger partial charge in [0.25, 0.3) is 0 Å². The summed E-state index contributed by atoms with van der Waals surface area (Å²) in [5.74, 6) is -1.56. The van der Waals surface area contributed by atoms with Crippen molar-refractivity contribution < 1.29 is 19.1 Å². The zero-order valence-electron chi connectivity index (χ0n) is 17.9. The van der Waals surface area contributed by atoms with Gasteiger partial charge < -0.3 is 10.4 Å². The van der Waals surface area contributed by atoms with Crippen LogP contribution in [-0.2, 0) is 17.8 Å². The van der Waals surface area contributed by atoms with E-state index in [1.807, 2.05) is 0 Å². The molecule has 34 heavy (non-hydrogen) atoms. The Bertz CT molecular complexity index is 1320. The minimum atomic E-state index is -1.03. The van der Waals surface area contributed by atoms with Crippen LogP contribution in [0.3, 0.4) is 0 Å². The van der Waals surface area contributed by atoms with E-state index in [-0.39, 0.29) is 23.7 Å². The van der Waals surface area contributed by atoms with Gasteiger partial charge in [0.2, 0.25) is 5.91 Å². The molecule has 0 aliphatic carbocycles. The van der Waals surface area contributed by atoms with E-state index in [4.69, 9.17) is 16.7 Å². The lowest BCUT2D eigenvalue weighted by Crippen LogP contribution is -2.23. The molecular formula is C25H20ClFN4O3. The summed E-state index contributed by atoms with van der Waals surface area (Å²) < 4.78 is 15.5. The molecule has 2 heterocycles. The third kappa shape index (κ3) is 5.65. The number of nitrogens with zero attached hydrogens (tertiary/aromatic N) is 3. The first-order valence-corrected chi connectivity index (χ1v) is 10.8. The van der Waals surface area contributed by atoms with Crippen molar-refractivity contribution in [2.75, 3.05) is 0 Å². The highest BCUT2D eigenvalue weighted by Crippen LogP contribution is 2.25. The number of aryl methyl sites for hydroxylation is 1. The summed E-state index contributed by atoms with van der Waals surface area (Å²) in [5, 5.41) is 17.0. The number of pyridine rings is 1. The molecule has 2 N–H and O–H groups in total. The van der Waals surface area contributed by atoms with Crippen LogP contribution in [0.25, 0.3) is 16.9 Å². The fraction of sp³-hybridized carbons (Fsp3) is 0.120. The largest absolute Gasteiger partial charge is 0.478 e. The van der Waals surface area contributed by atoms with E-state index in [0.29, 0.717) is 40.8 Å². The van der Waals surface area contributed by atoms with Gasteiger partial charge >= 0.3 is 5.97 Å². The van der Waals surface area contributed by atoms with Crippen molar-refractivity contribution in [2.24, 2.45) is 0 Å². The van der Waals surface area contributed by atoms with E-state index in [1.54, 1.807) is 53.3 Å². The maximum atomic E-state index is 13.9. The van der Waals surface area contributed by atoms with Crippen molar-refractivity contribution in [1.82, 2.24) is 20.1 Å². The summed E-state index contributed by atoms with van der Waals surface area (Å²) in [5.41, 5.74) is 3.49. The minimum Gasteiger partial charge on any atom is -0.478 e. The minimum absolute atomic E-state index is 0.149. The quantitative estimate of drug-likeness (QED) is 0.358. The molecule has 172 valence electrons. The van der Waals surface area contributed by atoms with Gasteiger partial charge in [-0.25, -0.2) is 18.9 Å². The Balaban J connectivity index is 1.52. The molecule has 4 rings (SSSR count). The Morgan fingerprint density at radius 3 is 2.53 bits per heavy atom. The summed E-state index contributed by atoms with van der Waals surface area (Å²) in [4.78, 5) is 27.5. The molecule has 2 aromatic carbocycles. The molecule has 4 aromatic rings. The van der Waals surface area contributed by atoms with Crippen molar-refractivity contribution >= 4 is 23.5 Å². The first-order valence-electron chi connectivity index (χ1n) is 10.4. The van der Waals surface area contributed by atoms with Crippen molar-refractivity contribution in [3.8, 4) is 16.9 Å². The molecule has 0 unspecified atom stereocenters. The van der Waals surface area contributed by atoms with E-state index in [9.17, 15) is 14.0 Å². The molecule has 0 bridgehead atoms. The number of carbonyl (C=O) groups is 2. The van der Waals surface area contributed by atoms with Crippen LogP contribution in [0, 0.1) is 5.82 Å². The number of aromatic carboxylic acids is 1. The summed E-state index contributed by atoms with van der Waals surface area (Å²) in [6.45, 7) is 0.335. The van der Waals surface area contributed by atoms with Crippen LogP contribution in [0.15, 0.2) is 72.9 Å². The number of nitrogens with one attached hydrogen (secondary N) is 1. The lowest BCUT2D eigenvalue weighted by molar-refractivity contribution is -0.121. The number of halogens is 2. The average molecular weight is 479 g/mol.